The largest absolute Gasteiger partial charge is 0.462 e. The maximum absolute atomic E-state index is 14.0. The SMILES string of the molecule is CCOC(=O)c1ccc(Nc2nc3nonc3nc2N/N=C\c2ccc(-c3ccccc3F)o2)cc1. The van der Waals surface area contributed by atoms with Gasteiger partial charge in [0.05, 0.1) is 23.9 Å². The summed E-state index contributed by atoms with van der Waals surface area (Å²) in [6.07, 6.45) is 1.41. The molecule has 5 rings (SSSR count). The highest BCUT2D eigenvalue weighted by molar-refractivity contribution is 5.90. The van der Waals surface area contributed by atoms with Crippen molar-refractivity contribution in [1.82, 2.24) is 20.3 Å². The monoisotopic (exact) mass is 487 g/mol. The zero-order valence-electron chi connectivity index (χ0n) is 18.8. The van der Waals surface area contributed by atoms with E-state index in [1.54, 1.807) is 61.5 Å². The molecular weight excluding hydrogens is 469 g/mol. The zero-order valence-corrected chi connectivity index (χ0v) is 18.8. The first-order valence-electron chi connectivity index (χ1n) is 10.8. The normalized spacial score (nSPS) is 11.2. The Hall–Kier alpha value is -5.13. The minimum atomic E-state index is -0.410. The van der Waals surface area contributed by atoms with Crippen LogP contribution in [0.25, 0.3) is 22.6 Å². The quantitative estimate of drug-likeness (QED) is 0.178. The van der Waals surface area contributed by atoms with Crippen LogP contribution in [0, 0.1) is 5.82 Å². The number of nitrogens with one attached hydrogen (secondary N) is 2. The van der Waals surface area contributed by atoms with E-state index in [0.717, 1.165) is 0 Å². The molecule has 12 heteroatoms. The fourth-order valence-electron chi connectivity index (χ4n) is 3.23. The number of hydrazone groups is 1. The summed E-state index contributed by atoms with van der Waals surface area (Å²) in [7, 11) is 0. The Morgan fingerprint density at radius 2 is 1.78 bits per heavy atom. The van der Waals surface area contributed by atoms with Gasteiger partial charge in [0, 0.05) is 5.69 Å². The molecule has 3 heterocycles. The Kier molecular flexibility index (Phi) is 6.30. The van der Waals surface area contributed by atoms with Crippen LogP contribution in [0.1, 0.15) is 23.0 Å². The molecule has 0 amide bonds. The van der Waals surface area contributed by atoms with Gasteiger partial charge in [0.2, 0.25) is 11.3 Å². The van der Waals surface area contributed by atoms with E-state index in [2.05, 4.69) is 36.1 Å². The second-order valence-electron chi connectivity index (χ2n) is 7.31. The number of anilines is 3. The minimum Gasteiger partial charge on any atom is -0.462 e. The molecule has 0 atom stereocenters. The predicted molar refractivity (Wildman–Crippen MR) is 128 cm³/mol. The maximum Gasteiger partial charge on any atom is 0.338 e. The number of rotatable bonds is 8. The van der Waals surface area contributed by atoms with Gasteiger partial charge >= 0.3 is 5.97 Å². The second kappa shape index (κ2) is 10.0. The Bertz CT molecular complexity index is 1550. The predicted octanol–water partition coefficient (Wildman–Crippen LogP) is 4.78. The van der Waals surface area contributed by atoms with E-state index in [1.165, 1.54) is 12.3 Å². The molecule has 2 aromatic carbocycles. The third kappa shape index (κ3) is 4.87. The Labute approximate surface area is 203 Å². The molecule has 0 fully saturated rings. The van der Waals surface area contributed by atoms with Gasteiger partial charge in [-0.05, 0) is 65.8 Å². The van der Waals surface area contributed by atoms with Crippen molar-refractivity contribution in [3.63, 3.8) is 0 Å². The highest BCUT2D eigenvalue weighted by atomic mass is 19.1. The minimum absolute atomic E-state index is 0.177. The molecule has 0 saturated heterocycles. The third-order valence-electron chi connectivity index (χ3n) is 4.90. The topological polar surface area (TPSA) is 141 Å². The van der Waals surface area contributed by atoms with E-state index in [9.17, 15) is 9.18 Å². The summed E-state index contributed by atoms with van der Waals surface area (Å²) >= 11 is 0. The molecule has 2 N–H and O–H groups in total. The molecule has 0 radical (unpaired) electrons. The van der Waals surface area contributed by atoms with Crippen LogP contribution in [0.5, 0.6) is 0 Å². The zero-order chi connectivity index (χ0) is 24.9. The lowest BCUT2D eigenvalue weighted by Gasteiger charge is -2.09. The third-order valence-corrected chi connectivity index (χ3v) is 4.90. The Balaban J connectivity index is 1.35. The fraction of sp³-hybridized carbons (Fsp3) is 0.0833. The number of aromatic nitrogens is 4. The Morgan fingerprint density at radius 3 is 2.53 bits per heavy atom. The summed E-state index contributed by atoms with van der Waals surface area (Å²) in [5, 5.41) is 14.7. The summed E-state index contributed by atoms with van der Waals surface area (Å²) in [4.78, 5) is 20.6. The highest BCUT2D eigenvalue weighted by Crippen LogP contribution is 2.26. The number of benzene rings is 2. The van der Waals surface area contributed by atoms with Gasteiger partial charge in [0.1, 0.15) is 17.3 Å². The lowest BCUT2D eigenvalue weighted by Crippen LogP contribution is -2.05. The average molecular weight is 487 g/mol. The van der Waals surface area contributed by atoms with Crippen molar-refractivity contribution in [2.24, 2.45) is 5.10 Å². The number of esters is 1. The van der Waals surface area contributed by atoms with Crippen molar-refractivity contribution in [3.8, 4) is 11.3 Å². The number of hydrogen-bond acceptors (Lipinski definition) is 11. The van der Waals surface area contributed by atoms with Crippen molar-refractivity contribution >= 4 is 40.8 Å². The van der Waals surface area contributed by atoms with E-state index in [0.29, 0.717) is 28.3 Å². The van der Waals surface area contributed by atoms with Crippen molar-refractivity contribution < 1.29 is 23.0 Å². The summed E-state index contributed by atoms with van der Waals surface area (Å²) < 4.78 is 29.4. The summed E-state index contributed by atoms with van der Waals surface area (Å²) in [5.74, 6) is 0.478. The first-order valence-corrected chi connectivity index (χ1v) is 10.8. The fourth-order valence-corrected chi connectivity index (χ4v) is 3.23. The van der Waals surface area contributed by atoms with Crippen LogP contribution in [0.2, 0.25) is 0 Å². The van der Waals surface area contributed by atoms with E-state index >= 15 is 0 Å². The van der Waals surface area contributed by atoms with Gasteiger partial charge in [-0.25, -0.2) is 18.8 Å². The molecular formula is C24H18FN7O4. The van der Waals surface area contributed by atoms with Crippen molar-refractivity contribution in [2.75, 3.05) is 17.3 Å². The molecule has 0 saturated carbocycles. The van der Waals surface area contributed by atoms with Gasteiger partial charge in [-0.3, -0.25) is 5.43 Å². The number of nitrogens with zero attached hydrogens (tertiary/aromatic N) is 5. The van der Waals surface area contributed by atoms with Crippen LogP contribution in [0.4, 0.5) is 21.7 Å². The van der Waals surface area contributed by atoms with Crippen LogP contribution in [0.15, 0.2) is 74.8 Å². The van der Waals surface area contributed by atoms with E-state index in [-0.39, 0.29) is 35.4 Å². The molecule has 11 nitrogen and oxygen atoms in total. The highest BCUT2D eigenvalue weighted by Gasteiger charge is 2.14. The molecule has 0 aliphatic heterocycles. The lowest BCUT2D eigenvalue weighted by atomic mass is 10.1. The summed E-state index contributed by atoms with van der Waals surface area (Å²) in [6, 6.07) is 16.3. The molecule has 5 aromatic rings. The molecule has 180 valence electrons. The number of ether oxygens (including phenoxy) is 1. The smallest absolute Gasteiger partial charge is 0.338 e. The summed E-state index contributed by atoms with van der Waals surface area (Å²) in [6.45, 7) is 2.03. The maximum atomic E-state index is 14.0. The van der Waals surface area contributed by atoms with Crippen LogP contribution in [-0.2, 0) is 4.74 Å². The average Bonchev–Trinajstić information content (AvgIpc) is 3.54. The molecule has 3 aromatic heterocycles. The number of carbonyl (C=O) groups excluding carboxylic acids is 1. The molecule has 36 heavy (non-hydrogen) atoms. The number of fused-ring (bicyclic) bond motifs is 1. The Morgan fingerprint density at radius 1 is 1.03 bits per heavy atom. The van der Waals surface area contributed by atoms with Gasteiger partial charge in [0.25, 0.3) is 0 Å². The van der Waals surface area contributed by atoms with Gasteiger partial charge in [-0.1, -0.05) is 12.1 Å². The van der Waals surface area contributed by atoms with Crippen LogP contribution in [0.3, 0.4) is 0 Å². The lowest BCUT2D eigenvalue weighted by molar-refractivity contribution is 0.0526. The number of hydrogen-bond donors (Lipinski definition) is 2. The number of halogens is 1. The van der Waals surface area contributed by atoms with E-state index < -0.39 is 5.97 Å². The number of furan rings is 1. The summed E-state index contributed by atoms with van der Waals surface area (Å²) in [5.41, 5.74) is 4.54. The van der Waals surface area contributed by atoms with E-state index in [1.807, 2.05) is 0 Å². The standard InChI is InChI=1S/C24H18FN7O4/c1-2-34-24(33)14-7-9-15(10-8-14)27-20-21(29-23-22(28-20)31-36-32-23)30-26-13-16-11-12-19(35-16)17-5-3-4-6-18(17)25/h3-13H,2H2,1H3,(H,27,28,31)(H,29,30,32)/b26-13-. The van der Waals surface area contributed by atoms with Crippen molar-refractivity contribution in [2.45, 2.75) is 6.92 Å². The van der Waals surface area contributed by atoms with Gasteiger partial charge < -0.3 is 14.5 Å². The molecule has 0 aliphatic rings. The van der Waals surface area contributed by atoms with E-state index in [4.69, 9.17) is 13.8 Å². The first kappa shape index (κ1) is 22.7. The molecule has 0 aliphatic carbocycles. The van der Waals surface area contributed by atoms with Crippen molar-refractivity contribution in [3.05, 3.63) is 77.8 Å². The van der Waals surface area contributed by atoms with Crippen LogP contribution >= 0.6 is 0 Å². The molecule has 0 unspecified atom stereocenters. The van der Waals surface area contributed by atoms with Crippen LogP contribution < -0.4 is 10.7 Å². The van der Waals surface area contributed by atoms with Crippen LogP contribution in [-0.4, -0.2) is 39.1 Å². The van der Waals surface area contributed by atoms with Gasteiger partial charge in [-0.15, -0.1) is 0 Å². The number of carbonyl (C=O) groups is 1. The van der Waals surface area contributed by atoms with Gasteiger partial charge in [0.15, 0.2) is 11.6 Å². The molecule has 0 bridgehead atoms. The second-order valence-corrected chi connectivity index (χ2v) is 7.31. The molecule has 0 spiro atoms. The first-order chi connectivity index (χ1) is 17.6. The van der Waals surface area contributed by atoms with Gasteiger partial charge in [-0.2, -0.15) is 10.1 Å². The van der Waals surface area contributed by atoms with Crippen molar-refractivity contribution in [1.29, 1.82) is 0 Å².